The molecule has 0 bridgehead atoms. The van der Waals surface area contributed by atoms with E-state index in [1.807, 2.05) is 66.7 Å². The van der Waals surface area contributed by atoms with E-state index in [0.717, 1.165) is 38.1 Å². The number of benzene rings is 3. The molecular weight excluding hydrogens is 426 g/mol. The Morgan fingerprint density at radius 2 is 1.81 bits per heavy atom. The second-order valence-electron chi connectivity index (χ2n) is 5.89. The summed E-state index contributed by atoms with van der Waals surface area (Å²) in [5.41, 5.74) is 3.31. The first kappa shape index (κ1) is 17.8. The maximum absolute atomic E-state index is 6.44. The van der Waals surface area contributed by atoms with Crippen molar-refractivity contribution in [1.29, 1.82) is 0 Å². The van der Waals surface area contributed by atoms with Crippen molar-refractivity contribution in [3.8, 4) is 17.0 Å². The number of ether oxygens (including phenoxy) is 1. The normalized spacial score (nSPS) is 10.8. The molecule has 0 aliphatic carbocycles. The van der Waals surface area contributed by atoms with Crippen molar-refractivity contribution >= 4 is 50.1 Å². The number of fused-ring (bicyclic) bond motifs is 1. The third-order valence-electron chi connectivity index (χ3n) is 4.11. The summed E-state index contributed by atoms with van der Waals surface area (Å²) in [6.45, 7) is 0. The van der Waals surface area contributed by atoms with Crippen LogP contribution in [0, 0.1) is 0 Å². The smallest absolute Gasteiger partial charge is 0.228 e. The third-order valence-corrected chi connectivity index (χ3v) is 4.94. The summed E-state index contributed by atoms with van der Waals surface area (Å²) in [6, 6.07) is 21.2. The van der Waals surface area contributed by atoms with Gasteiger partial charge in [-0.15, -0.1) is 0 Å². The molecule has 4 nitrogen and oxygen atoms in total. The third kappa shape index (κ3) is 3.75. The van der Waals surface area contributed by atoms with Crippen LogP contribution in [0.2, 0.25) is 5.02 Å². The zero-order valence-electron chi connectivity index (χ0n) is 14.4. The van der Waals surface area contributed by atoms with E-state index in [1.54, 1.807) is 7.11 Å². The Balaban J connectivity index is 1.87. The first-order chi connectivity index (χ1) is 13.1. The molecule has 0 saturated carbocycles. The molecule has 0 unspecified atom stereocenters. The molecule has 4 rings (SSSR count). The summed E-state index contributed by atoms with van der Waals surface area (Å²) in [7, 11) is 1.64. The molecule has 1 N–H and O–H groups in total. The van der Waals surface area contributed by atoms with E-state index < -0.39 is 0 Å². The highest BCUT2D eigenvalue weighted by Crippen LogP contribution is 2.34. The lowest BCUT2D eigenvalue weighted by Crippen LogP contribution is -2.00. The second kappa shape index (κ2) is 7.55. The summed E-state index contributed by atoms with van der Waals surface area (Å²) < 4.78 is 6.24. The minimum absolute atomic E-state index is 0.494. The molecule has 1 aromatic heterocycles. The summed E-state index contributed by atoms with van der Waals surface area (Å²) in [4.78, 5) is 9.41. The van der Waals surface area contributed by atoms with Gasteiger partial charge in [0.25, 0.3) is 0 Å². The SMILES string of the molecule is COc1cccc(Nc2nc(-c3ccccc3Cl)c3cc(Br)ccc3n2)c1. The van der Waals surface area contributed by atoms with Crippen LogP contribution < -0.4 is 10.1 Å². The Morgan fingerprint density at radius 1 is 0.963 bits per heavy atom. The molecule has 6 heteroatoms. The molecule has 4 aromatic rings. The van der Waals surface area contributed by atoms with Crippen molar-refractivity contribution in [3.63, 3.8) is 0 Å². The fourth-order valence-corrected chi connectivity index (χ4v) is 3.43. The van der Waals surface area contributed by atoms with Gasteiger partial charge in [-0.25, -0.2) is 9.97 Å². The highest BCUT2D eigenvalue weighted by atomic mass is 79.9. The van der Waals surface area contributed by atoms with Crippen LogP contribution in [0.15, 0.2) is 71.2 Å². The quantitative estimate of drug-likeness (QED) is 0.395. The monoisotopic (exact) mass is 439 g/mol. The van der Waals surface area contributed by atoms with E-state index >= 15 is 0 Å². The maximum atomic E-state index is 6.44. The lowest BCUT2D eigenvalue weighted by atomic mass is 10.1. The van der Waals surface area contributed by atoms with Crippen molar-refractivity contribution < 1.29 is 4.74 Å². The summed E-state index contributed by atoms with van der Waals surface area (Å²) in [5.74, 6) is 1.25. The van der Waals surface area contributed by atoms with Gasteiger partial charge in [0.15, 0.2) is 0 Å². The molecular formula is C21H15BrClN3O. The van der Waals surface area contributed by atoms with E-state index in [9.17, 15) is 0 Å². The summed E-state index contributed by atoms with van der Waals surface area (Å²) >= 11 is 9.97. The highest BCUT2D eigenvalue weighted by molar-refractivity contribution is 9.10. The van der Waals surface area contributed by atoms with Crippen molar-refractivity contribution in [2.24, 2.45) is 0 Å². The van der Waals surface area contributed by atoms with Gasteiger partial charge in [0.1, 0.15) is 5.75 Å². The fourth-order valence-electron chi connectivity index (χ4n) is 2.85. The molecule has 0 fully saturated rings. The predicted molar refractivity (Wildman–Crippen MR) is 114 cm³/mol. The summed E-state index contributed by atoms with van der Waals surface area (Å²) in [5, 5.41) is 4.83. The highest BCUT2D eigenvalue weighted by Gasteiger charge is 2.13. The number of nitrogens with one attached hydrogen (secondary N) is 1. The topological polar surface area (TPSA) is 47.0 Å². The Labute approximate surface area is 170 Å². The van der Waals surface area contributed by atoms with E-state index in [-0.39, 0.29) is 0 Å². The Bertz CT molecular complexity index is 1130. The molecule has 0 aliphatic heterocycles. The molecule has 0 amide bonds. The molecule has 27 heavy (non-hydrogen) atoms. The number of rotatable bonds is 4. The number of hydrogen-bond acceptors (Lipinski definition) is 4. The predicted octanol–water partition coefficient (Wildman–Crippen LogP) is 6.46. The van der Waals surface area contributed by atoms with Crippen LogP contribution in [0.3, 0.4) is 0 Å². The maximum Gasteiger partial charge on any atom is 0.228 e. The fraction of sp³-hybridized carbons (Fsp3) is 0.0476. The van der Waals surface area contributed by atoms with Crippen LogP contribution in [0.25, 0.3) is 22.2 Å². The molecule has 0 atom stereocenters. The van der Waals surface area contributed by atoms with E-state index in [1.165, 1.54) is 0 Å². The minimum Gasteiger partial charge on any atom is -0.497 e. The molecule has 1 heterocycles. The van der Waals surface area contributed by atoms with Crippen LogP contribution >= 0.6 is 27.5 Å². The van der Waals surface area contributed by atoms with Gasteiger partial charge < -0.3 is 10.1 Å². The molecule has 0 aliphatic rings. The Hall–Kier alpha value is -2.63. The first-order valence-electron chi connectivity index (χ1n) is 8.27. The molecule has 0 spiro atoms. The largest absolute Gasteiger partial charge is 0.497 e. The van der Waals surface area contributed by atoms with E-state index in [0.29, 0.717) is 11.0 Å². The van der Waals surface area contributed by atoms with Gasteiger partial charge >= 0.3 is 0 Å². The lowest BCUT2D eigenvalue weighted by molar-refractivity contribution is 0.415. The number of aromatic nitrogens is 2. The standard InChI is InChI=1S/C21H15BrClN3O/c1-27-15-6-4-5-14(12-15)24-21-25-19-10-9-13(22)11-17(19)20(26-21)16-7-2-3-8-18(16)23/h2-12H,1H3,(H,24,25,26). The van der Waals surface area contributed by atoms with Crippen molar-refractivity contribution in [1.82, 2.24) is 9.97 Å². The van der Waals surface area contributed by atoms with Crippen molar-refractivity contribution in [2.45, 2.75) is 0 Å². The van der Waals surface area contributed by atoms with Crippen LogP contribution in [-0.4, -0.2) is 17.1 Å². The van der Waals surface area contributed by atoms with Crippen LogP contribution in [0.1, 0.15) is 0 Å². The van der Waals surface area contributed by atoms with Crippen molar-refractivity contribution in [2.75, 3.05) is 12.4 Å². The Morgan fingerprint density at radius 3 is 2.63 bits per heavy atom. The number of halogens is 2. The second-order valence-corrected chi connectivity index (χ2v) is 7.22. The first-order valence-corrected chi connectivity index (χ1v) is 9.44. The van der Waals surface area contributed by atoms with Gasteiger partial charge in [-0.3, -0.25) is 0 Å². The van der Waals surface area contributed by atoms with Crippen LogP contribution in [0.4, 0.5) is 11.6 Å². The average molecular weight is 441 g/mol. The van der Waals surface area contributed by atoms with Gasteiger partial charge in [0, 0.05) is 32.2 Å². The van der Waals surface area contributed by atoms with E-state index in [2.05, 4.69) is 26.2 Å². The van der Waals surface area contributed by atoms with Gasteiger partial charge in [-0.05, 0) is 36.4 Å². The number of methoxy groups -OCH3 is 1. The average Bonchev–Trinajstić information content (AvgIpc) is 2.68. The lowest BCUT2D eigenvalue weighted by Gasteiger charge is -2.12. The van der Waals surface area contributed by atoms with Crippen LogP contribution in [0.5, 0.6) is 5.75 Å². The van der Waals surface area contributed by atoms with Gasteiger partial charge in [-0.1, -0.05) is 51.8 Å². The number of nitrogens with zero attached hydrogens (tertiary/aromatic N) is 2. The van der Waals surface area contributed by atoms with Gasteiger partial charge in [0.2, 0.25) is 5.95 Å². The van der Waals surface area contributed by atoms with E-state index in [4.69, 9.17) is 21.3 Å². The molecule has 0 saturated heterocycles. The minimum atomic E-state index is 0.494. The zero-order chi connectivity index (χ0) is 18.8. The number of anilines is 2. The van der Waals surface area contributed by atoms with Crippen LogP contribution in [-0.2, 0) is 0 Å². The molecule has 134 valence electrons. The summed E-state index contributed by atoms with van der Waals surface area (Å²) in [6.07, 6.45) is 0. The zero-order valence-corrected chi connectivity index (χ0v) is 16.8. The van der Waals surface area contributed by atoms with Crippen molar-refractivity contribution in [3.05, 3.63) is 76.2 Å². The number of hydrogen-bond donors (Lipinski definition) is 1. The molecule has 3 aromatic carbocycles. The van der Waals surface area contributed by atoms with Gasteiger partial charge in [-0.2, -0.15) is 0 Å². The Kier molecular flexibility index (Phi) is 4.97. The molecule has 0 radical (unpaired) electrons. The van der Waals surface area contributed by atoms with Gasteiger partial charge in [0.05, 0.1) is 18.3 Å².